The highest BCUT2D eigenvalue weighted by Gasteiger charge is 2.32. The SMILES string of the molecule is O=C(O)CC1CN(C(=O)c2csc(I)c2)C1. The van der Waals surface area contributed by atoms with Gasteiger partial charge in [-0.25, -0.2) is 0 Å². The number of halogens is 1. The molecule has 1 aromatic rings. The second-order valence-electron chi connectivity index (χ2n) is 3.81. The summed E-state index contributed by atoms with van der Waals surface area (Å²) in [5.74, 6) is -0.651. The Balaban J connectivity index is 1.88. The number of amides is 1. The van der Waals surface area contributed by atoms with Crippen LogP contribution in [0, 0.1) is 8.80 Å². The zero-order valence-corrected chi connectivity index (χ0v) is 11.3. The summed E-state index contributed by atoms with van der Waals surface area (Å²) in [6.45, 7) is 1.13. The Hall–Kier alpha value is -0.630. The van der Waals surface area contributed by atoms with Crippen LogP contribution >= 0.6 is 33.9 Å². The number of hydrogen-bond acceptors (Lipinski definition) is 3. The van der Waals surface area contributed by atoms with E-state index in [4.69, 9.17) is 5.11 Å². The van der Waals surface area contributed by atoms with Crippen molar-refractivity contribution >= 4 is 45.8 Å². The maximum absolute atomic E-state index is 11.9. The normalized spacial score (nSPS) is 15.9. The third-order valence-corrected chi connectivity index (χ3v) is 4.31. The van der Waals surface area contributed by atoms with Crippen LogP contribution in [0.5, 0.6) is 0 Å². The molecule has 1 N–H and O–H groups in total. The van der Waals surface area contributed by atoms with Crippen molar-refractivity contribution in [2.45, 2.75) is 6.42 Å². The largest absolute Gasteiger partial charge is 0.481 e. The van der Waals surface area contributed by atoms with Crippen LogP contribution in [0.3, 0.4) is 0 Å². The van der Waals surface area contributed by atoms with Crippen LogP contribution in [-0.4, -0.2) is 35.0 Å². The number of carboxylic acids is 1. The van der Waals surface area contributed by atoms with Gasteiger partial charge in [0.15, 0.2) is 0 Å². The quantitative estimate of drug-likeness (QED) is 0.847. The third kappa shape index (κ3) is 2.54. The summed E-state index contributed by atoms with van der Waals surface area (Å²) in [7, 11) is 0. The van der Waals surface area contributed by atoms with Gasteiger partial charge >= 0.3 is 5.97 Å². The second kappa shape index (κ2) is 4.70. The van der Waals surface area contributed by atoms with Crippen LogP contribution in [0.1, 0.15) is 16.8 Å². The summed E-state index contributed by atoms with van der Waals surface area (Å²) in [5, 5.41) is 10.4. The molecule has 0 aromatic carbocycles. The molecule has 1 saturated heterocycles. The van der Waals surface area contributed by atoms with Gasteiger partial charge in [0.05, 0.1) is 14.9 Å². The Bertz CT molecular complexity index is 425. The summed E-state index contributed by atoms with van der Waals surface area (Å²) in [6.07, 6.45) is 0.158. The minimum atomic E-state index is -0.790. The van der Waals surface area contributed by atoms with E-state index in [9.17, 15) is 9.59 Å². The van der Waals surface area contributed by atoms with Gasteiger partial charge in [0.25, 0.3) is 5.91 Å². The van der Waals surface area contributed by atoms with E-state index in [1.165, 1.54) is 0 Å². The molecule has 4 nitrogen and oxygen atoms in total. The molecule has 0 aliphatic carbocycles. The number of carbonyl (C=O) groups excluding carboxylic acids is 1. The number of nitrogens with zero attached hydrogens (tertiary/aromatic N) is 1. The van der Waals surface area contributed by atoms with Gasteiger partial charge in [-0.2, -0.15) is 0 Å². The first kappa shape index (κ1) is 11.8. The number of likely N-dealkylation sites (tertiary alicyclic amines) is 1. The molecule has 1 aromatic heterocycles. The predicted molar refractivity (Wildman–Crippen MR) is 68.7 cm³/mol. The fourth-order valence-corrected chi connectivity index (χ4v) is 3.04. The number of aliphatic carboxylic acids is 1. The lowest BCUT2D eigenvalue weighted by Gasteiger charge is -2.38. The van der Waals surface area contributed by atoms with Gasteiger partial charge in [0, 0.05) is 24.4 Å². The van der Waals surface area contributed by atoms with E-state index < -0.39 is 5.97 Å². The van der Waals surface area contributed by atoms with Gasteiger partial charge in [-0.1, -0.05) is 0 Å². The zero-order chi connectivity index (χ0) is 11.7. The lowest BCUT2D eigenvalue weighted by molar-refractivity contribution is -0.139. The van der Waals surface area contributed by atoms with E-state index in [0.717, 1.165) is 2.88 Å². The van der Waals surface area contributed by atoms with E-state index in [-0.39, 0.29) is 18.2 Å². The summed E-state index contributed by atoms with van der Waals surface area (Å²) in [4.78, 5) is 24.0. The number of hydrogen-bond donors (Lipinski definition) is 1. The Morgan fingerprint density at radius 3 is 2.75 bits per heavy atom. The maximum Gasteiger partial charge on any atom is 0.303 e. The Morgan fingerprint density at radius 1 is 1.56 bits per heavy atom. The van der Waals surface area contributed by atoms with Crippen LogP contribution in [0.4, 0.5) is 0 Å². The molecule has 0 saturated carbocycles. The van der Waals surface area contributed by atoms with Gasteiger partial charge in [0.2, 0.25) is 0 Å². The molecule has 1 fully saturated rings. The van der Waals surface area contributed by atoms with E-state index in [1.54, 1.807) is 16.2 Å². The lowest BCUT2D eigenvalue weighted by Crippen LogP contribution is -2.50. The Morgan fingerprint density at radius 2 is 2.25 bits per heavy atom. The fourth-order valence-electron chi connectivity index (χ4n) is 1.72. The molecule has 16 heavy (non-hydrogen) atoms. The predicted octanol–water partition coefficient (Wildman–Crippen LogP) is 1.90. The summed E-state index contributed by atoms with van der Waals surface area (Å²) >= 11 is 3.72. The molecule has 0 spiro atoms. The van der Waals surface area contributed by atoms with Crippen LogP contribution in [0.2, 0.25) is 0 Å². The molecule has 2 rings (SSSR count). The number of carbonyl (C=O) groups is 2. The van der Waals surface area contributed by atoms with Crippen LogP contribution < -0.4 is 0 Å². The average molecular weight is 351 g/mol. The summed E-state index contributed by atoms with van der Waals surface area (Å²) in [6, 6.07) is 1.86. The summed E-state index contributed by atoms with van der Waals surface area (Å²) in [5.41, 5.74) is 0.711. The number of carboxylic acid groups (broad SMARTS) is 1. The molecule has 0 atom stereocenters. The average Bonchev–Trinajstić information content (AvgIpc) is 2.56. The van der Waals surface area contributed by atoms with Crippen LogP contribution in [0.15, 0.2) is 11.4 Å². The molecular weight excluding hydrogens is 341 g/mol. The fraction of sp³-hybridized carbons (Fsp3) is 0.400. The molecular formula is C10H10INO3S. The topological polar surface area (TPSA) is 57.6 Å². The summed E-state index contributed by atoms with van der Waals surface area (Å²) < 4.78 is 1.09. The van der Waals surface area contributed by atoms with Gasteiger partial charge in [0.1, 0.15) is 0 Å². The minimum absolute atomic E-state index is 0.0146. The van der Waals surface area contributed by atoms with Crippen LogP contribution in [0.25, 0.3) is 0 Å². The monoisotopic (exact) mass is 351 g/mol. The van der Waals surface area contributed by atoms with Crippen LogP contribution in [-0.2, 0) is 4.79 Å². The van der Waals surface area contributed by atoms with E-state index >= 15 is 0 Å². The van der Waals surface area contributed by atoms with Gasteiger partial charge in [-0.15, -0.1) is 11.3 Å². The first-order valence-corrected chi connectivity index (χ1v) is 6.77. The van der Waals surface area contributed by atoms with E-state index in [0.29, 0.717) is 18.7 Å². The molecule has 2 heterocycles. The molecule has 86 valence electrons. The molecule has 1 aliphatic heterocycles. The van der Waals surface area contributed by atoms with Gasteiger partial charge in [-0.05, 0) is 28.7 Å². The molecule has 6 heteroatoms. The Kier molecular flexibility index (Phi) is 3.48. The minimum Gasteiger partial charge on any atom is -0.481 e. The zero-order valence-electron chi connectivity index (χ0n) is 8.35. The first-order valence-electron chi connectivity index (χ1n) is 4.81. The maximum atomic E-state index is 11.9. The van der Waals surface area contributed by atoms with Crippen molar-refractivity contribution < 1.29 is 14.7 Å². The van der Waals surface area contributed by atoms with Crippen molar-refractivity contribution in [3.63, 3.8) is 0 Å². The smallest absolute Gasteiger partial charge is 0.303 e. The third-order valence-electron chi connectivity index (χ3n) is 2.52. The number of rotatable bonds is 3. The molecule has 0 unspecified atom stereocenters. The molecule has 0 bridgehead atoms. The van der Waals surface area contributed by atoms with Crippen molar-refractivity contribution in [3.05, 3.63) is 19.9 Å². The highest BCUT2D eigenvalue weighted by atomic mass is 127. The number of thiophene rings is 1. The second-order valence-corrected chi connectivity index (χ2v) is 6.62. The van der Waals surface area contributed by atoms with Crippen molar-refractivity contribution in [1.82, 2.24) is 4.90 Å². The highest BCUT2D eigenvalue weighted by molar-refractivity contribution is 14.1. The lowest BCUT2D eigenvalue weighted by atomic mass is 9.96. The van der Waals surface area contributed by atoms with E-state index in [2.05, 4.69) is 22.6 Å². The van der Waals surface area contributed by atoms with Crippen molar-refractivity contribution in [2.75, 3.05) is 13.1 Å². The van der Waals surface area contributed by atoms with E-state index in [1.807, 2.05) is 11.4 Å². The van der Waals surface area contributed by atoms with Gasteiger partial charge < -0.3 is 10.0 Å². The first-order chi connectivity index (χ1) is 7.56. The molecule has 1 aliphatic rings. The standard InChI is InChI=1S/C10H10INO3S/c11-8-2-7(5-16-8)10(15)12-3-6(4-12)1-9(13)14/h2,5-6H,1,3-4H2,(H,13,14). The van der Waals surface area contributed by atoms with Crippen molar-refractivity contribution in [2.24, 2.45) is 5.92 Å². The highest BCUT2D eigenvalue weighted by Crippen LogP contribution is 2.24. The van der Waals surface area contributed by atoms with Crippen molar-refractivity contribution in [3.8, 4) is 0 Å². The van der Waals surface area contributed by atoms with Crippen molar-refractivity contribution in [1.29, 1.82) is 0 Å². The Labute approximate surface area is 110 Å². The molecule has 0 radical (unpaired) electrons. The molecule has 1 amide bonds. The van der Waals surface area contributed by atoms with Gasteiger partial charge in [-0.3, -0.25) is 9.59 Å².